The van der Waals surface area contributed by atoms with Crippen molar-refractivity contribution >= 4 is 28.3 Å². The molecule has 0 spiro atoms. The van der Waals surface area contributed by atoms with Gasteiger partial charge in [0.1, 0.15) is 0 Å². The van der Waals surface area contributed by atoms with Crippen molar-refractivity contribution in [1.82, 2.24) is 14.9 Å². The maximum absolute atomic E-state index is 12.5. The van der Waals surface area contributed by atoms with Crippen molar-refractivity contribution in [3.05, 3.63) is 77.2 Å². The van der Waals surface area contributed by atoms with E-state index in [0.717, 1.165) is 34.7 Å². The van der Waals surface area contributed by atoms with E-state index in [2.05, 4.69) is 35.0 Å². The Kier molecular flexibility index (Phi) is 5.03. The lowest BCUT2D eigenvalue weighted by atomic mass is 10.1. The summed E-state index contributed by atoms with van der Waals surface area (Å²) in [5.74, 6) is 0.897. The number of thiophene rings is 1. The summed E-state index contributed by atoms with van der Waals surface area (Å²) in [6.07, 6.45) is 0.830. The fourth-order valence-electron chi connectivity index (χ4n) is 3.22. The van der Waals surface area contributed by atoms with Gasteiger partial charge in [-0.1, -0.05) is 42.5 Å². The van der Waals surface area contributed by atoms with Crippen LogP contribution in [0.25, 0.3) is 21.7 Å². The van der Waals surface area contributed by atoms with E-state index in [-0.39, 0.29) is 5.91 Å². The Balaban J connectivity index is 1.49. The number of carbonyl (C=O) groups excluding carboxylic acids is 1. The summed E-state index contributed by atoms with van der Waals surface area (Å²) in [5, 5.41) is 3.01. The van der Waals surface area contributed by atoms with Crippen LogP contribution in [0, 0.1) is 0 Å². The number of para-hydroxylation sites is 2. The molecule has 0 saturated carbocycles. The zero-order valence-electron chi connectivity index (χ0n) is 15.2. The van der Waals surface area contributed by atoms with Gasteiger partial charge in [-0.3, -0.25) is 4.79 Å². The van der Waals surface area contributed by atoms with Crippen LogP contribution in [0.5, 0.6) is 0 Å². The van der Waals surface area contributed by atoms with E-state index in [4.69, 9.17) is 4.98 Å². The average molecular weight is 375 g/mol. The van der Waals surface area contributed by atoms with E-state index in [9.17, 15) is 4.79 Å². The molecule has 1 N–H and O–H groups in total. The molecule has 0 radical (unpaired) electrons. The summed E-state index contributed by atoms with van der Waals surface area (Å²) < 4.78 is 2.19. The van der Waals surface area contributed by atoms with Gasteiger partial charge in [0.25, 0.3) is 5.91 Å². The fraction of sp³-hybridized carbons (Fsp3) is 0.182. The number of hydrogen-bond acceptors (Lipinski definition) is 3. The summed E-state index contributed by atoms with van der Waals surface area (Å²) in [5.41, 5.74) is 3.33. The number of aryl methyl sites for hydroxylation is 1. The second-order valence-corrected chi connectivity index (χ2v) is 7.41. The third-order valence-electron chi connectivity index (χ3n) is 4.56. The first-order chi connectivity index (χ1) is 13.3. The minimum Gasteiger partial charge on any atom is -0.351 e. The zero-order valence-corrected chi connectivity index (χ0v) is 16.0. The van der Waals surface area contributed by atoms with Crippen molar-refractivity contribution in [2.75, 3.05) is 6.54 Å². The van der Waals surface area contributed by atoms with Gasteiger partial charge < -0.3 is 9.88 Å². The number of benzene rings is 2. The van der Waals surface area contributed by atoms with E-state index in [1.54, 1.807) is 0 Å². The first-order valence-electron chi connectivity index (χ1n) is 9.14. The second kappa shape index (κ2) is 7.76. The first-order valence-corrected chi connectivity index (χ1v) is 9.95. The predicted octanol–water partition coefficient (Wildman–Crippen LogP) is 4.76. The highest BCUT2D eigenvalue weighted by Crippen LogP contribution is 2.30. The number of amides is 1. The summed E-state index contributed by atoms with van der Waals surface area (Å²) in [7, 11) is 0. The largest absolute Gasteiger partial charge is 0.351 e. The Labute approximate surface area is 162 Å². The van der Waals surface area contributed by atoms with Crippen LogP contribution in [0.1, 0.15) is 22.2 Å². The van der Waals surface area contributed by atoms with Gasteiger partial charge in [-0.25, -0.2) is 4.98 Å². The van der Waals surface area contributed by atoms with E-state index < -0.39 is 0 Å². The maximum atomic E-state index is 12.5. The van der Waals surface area contributed by atoms with Crippen LogP contribution in [0.15, 0.2) is 66.7 Å². The van der Waals surface area contributed by atoms with Gasteiger partial charge in [0.05, 0.1) is 20.8 Å². The lowest BCUT2D eigenvalue weighted by Gasteiger charge is -2.04. The molecule has 0 atom stereocenters. The monoisotopic (exact) mass is 375 g/mol. The Morgan fingerprint density at radius 1 is 1.04 bits per heavy atom. The zero-order chi connectivity index (χ0) is 18.6. The molecule has 0 unspecified atom stereocenters. The highest BCUT2D eigenvalue weighted by molar-refractivity contribution is 7.17. The van der Waals surface area contributed by atoms with Gasteiger partial charge in [-0.05, 0) is 43.2 Å². The standard InChI is InChI=1S/C22H21N3OS/c1-2-25-18-11-7-6-10-17(18)24-21(25)19-12-13-20(27-19)22(26)23-15-14-16-8-4-3-5-9-16/h3-13H,2,14-15H2,1H3,(H,23,26). The molecule has 0 saturated heterocycles. The summed E-state index contributed by atoms with van der Waals surface area (Å²) in [6.45, 7) is 3.58. The van der Waals surface area contributed by atoms with E-state index in [1.807, 2.05) is 48.5 Å². The van der Waals surface area contributed by atoms with Crippen molar-refractivity contribution in [3.63, 3.8) is 0 Å². The smallest absolute Gasteiger partial charge is 0.261 e. The summed E-state index contributed by atoms with van der Waals surface area (Å²) >= 11 is 1.49. The molecule has 0 aliphatic rings. The van der Waals surface area contributed by atoms with Crippen LogP contribution in [0.2, 0.25) is 0 Å². The van der Waals surface area contributed by atoms with Gasteiger partial charge in [-0.2, -0.15) is 0 Å². The van der Waals surface area contributed by atoms with Crippen molar-refractivity contribution in [1.29, 1.82) is 0 Å². The molecule has 0 fully saturated rings. The molecule has 4 rings (SSSR count). The third-order valence-corrected chi connectivity index (χ3v) is 5.64. The Morgan fingerprint density at radius 2 is 1.81 bits per heavy atom. The molecule has 0 aliphatic carbocycles. The number of fused-ring (bicyclic) bond motifs is 1. The molecule has 4 nitrogen and oxygen atoms in total. The van der Waals surface area contributed by atoms with Crippen molar-refractivity contribution in [2.45, 2.75) is 19.9 Å². The Morgan fingerprint density at radius 3 is 2.63 bits per heavy atom. The molecule has 2 aromatic carbocycles. The number of hydrogen-bond donors (Lipinski definition) is 1. The number of carbonyl (C=O) groups is 1. The van der Waals surface area contributed by atoms with Gasteiger partial charge >= 0.3 is 0 Å². The molecule has 1 amide bonds. The van der Waals surface area contributed by atoms with Gasteiger partial charge in [0.2, 0.25) is 0 Å². The average Bonchev–Trinajstić information content (AvgIpc) is 3.33. The molecular formula is C22H21N3OS. The fourth-order valence-corrected chi connectivity index (χ4v) is 4.14. The number of nitrogens with one attached hydrogen (secondary N) is 1. The highest BCUT2D eigenvalue weighted by atomic mass is 32.1. The number of nitrogens with zero attached hydrogens (tertiary/aromatic N) is 2. The molecule has 0 bridgehead atoms. The molecular weight excluding hydrogens is 354 g/mol. The number of rotatable bonds is 6. The molecule has 136 valence electrons. The molecule has 2 aromatic heterocycles. The van der Waals surface area contributed by atoms with E-state index >= 15 is 0 Å². The highest BCUT2D eigenvalue weighted by Gasteiger charge is 2.15. The van der Waals surface area contributed by atoms with Gasteiger partial charge in [0, 0.05) is 13.1 Å². The third kappa shape index (κ3) is 3.64. The lowest BCUT2D eigenvalue weighted by molar-refractivity contribution is 0.0958. The van der Waals surface area contributed by atoms with Crippen molar-refractivity contribution in [2.24, 2.45) is 0 Å². The minimum absolute atomic E-state index is 0.0265. The van der Waals surface area contributed by atoms with Gasteiger partial charge in [0.15, 0.2) is 5.82 Å². The van der Waals surface area contributed by atoms with Gasteiger partial charge in [-0.15, -0.1) is 11.3 Å². The van der Waals surface area contributed by atoms with E-state index in [0.29, 0.717) is 11.4 Å². The predicted molar refractivity (Wildman–Crippen MR) is 111 cm³/mol. The normalized spacial score (nSPS) is 11.0. The van der Waals surface area contributed by atoms with Crippen molar-refractivity contribution in [3.8, 4) is 10.7 Å². The summed E-state index contributed by atoms with van der Waals surface area (Å²) in [6, 6.07) is 22.2. The SMILES string of the molecule is CCn1c(-c2ccc(C(=O)NCCc3ccccc3)s2)nc2ccccc21. The minimum atomic E-state index is -0.0265. The van der Waals surface area contributed by atoms with Crippen molar-refractivity contribution < 1.29 is 4.79 Å². The topological polar surface area (TPSA) is 46.9 Å². The quantitative estimate of drug-likeness (QED) is 0.528. The van der Waals surface area contributed by atoms with Crippen LogP contribution in [-0.4, -0.2) is 22.0 Å². The number of aromatic nitrogens is 2. The molecule has 2 heterocycles. The Bertz CT molecular complexity index is 1070. The first kappa shape index (κ1) is 17.5. The maximum Gasteiger partial charge on any atom is 0.261 e. The van der Waals surface area contributed by atoms with E-state index in [1.165, 1.54) is 16.9 Å². The molecule has 0 aliphatic heterocycles. The van der Waals surface area contributed by atoms with Crippen LogP contribution < -0.4 is 5.32 Å². The van der Waals surface area contributed by atoms with Crippen LogP contribution in [-0.2, 0) is 13.0 Å². The molecule has 5 heteroatoms. The van der Waals surface area contributed by atoms with Crippen LogP contribution in [0.3, 0.4) is 0 Å². The van der Waals surface area contributed by atoms with Crippen LogP contribution in [0.4, 0.5) is 0 Å². The lowest BCUT2D eigenvalue weighted by Crippen LogP contribution is -2.24. The Hall–Kier alpha value is -2.92. The molecule has 4 aromatic rings. The number of imidazole rings is 1. The summed E-state index contributed by atoms with van der Waals surface area (Å²) in [4.78, 5) is 19.0. The van der Waals surface area contributed by atoms with Crippen LogP contribution >= 0.6 is 11.3 Å². The molecule has 27 heavy (non-hydrogen) atoms. The second-order valence-electron chi connectivity index (χ2n) is 6.32.